The van der Waals surface area contributed by atoms with Crippen LogP contribution < -0.4 is 10.6 Å². The zero-order valence-corrected chi connectivity index (χ0v) is 14.6. The molecule has 2 rings (SSSR count). The lowest BCUT2D eigenvalue weighted by Crippen LogP contribution is -2.46. The number of H-pyrrole nitrogens is 1. The van der Waals surface area contributed by atoms with Gasteiger partial charge in [0.1, 0.15) is 6.04 Å². The highest BCUT2D eigenvalue weighted by molar-refractivity contribution is 6.08. The van der Waals surface area contributed by atoms with Crippen molar-refractivity contribution in [3.8, 4) is 0 Å². The first-order chi connectivity index (χ1) is 11.8. The van der Waals surface area contributed by atoms with E-state index in [1.54, 1.807) is 6.92 Å². The zero-order valence-electron chi connectivity index (χ0n) is 14.6. The number of rotatable bonds is 7. The number of nitrogens with one attached hydrogen (secondary N) is 3. The summed E-state index contributed by atoms with van der Waals surface area (Å²) in [6.45, 7) is 5.27. The quantitative estimate of drug-likeness (QED) is 0.613. The van der Waals surface area contributed by atoms with E-state index in [0.717, 1.165) is 10.9 Å². The van der Waals surface area contributed by atoms with Gasteiger partial charge in [0.15, 0.2) is 0 Å². The van der Waals surface area contributed by atoms with Crippen molar-refractivity contribution >= 4 is 28.7 Å². The van der Waals surface area contributed by atoms with Crippen LogP contribution in [0.1, 0.15) is 36.3 Å². The Morgan fingerprint density at radius 2 is 1.88 bits per heavy atom. The Kier molecular flexibility index (Phi) is 5.80. The van der Waals surface area contributed by atoms with Gasteiger partial charge in [-0.2, -0.15) is 0 Å². The third-order valence-electron chi connectivity index (χ3n) is 3.87. The fourth-order valence-corrected chi connectivity index (χ4v) is 2.76. The van der Waals surface area contributed by atoms with Gasteiger partial charge in [-0.3, -0.25) is 9.59 Å². The van der Waals surface area contributed by atoms with E-state index >= 15 is 0 Å². The van der Waals surface area contributed by atoms with E-state index < -0.39 is 17.9 Å². The van der Waals surface area contributed by atoms with Gasteiger partial charge >= 0.3 is 5.97 Å². The van der Waals surface area contributed by atoms with Gasteiger partial charge in [0.25, 0.3) is 5.91 Å². The molecule has 0 spiro atoms. The largest absolute Gasteiger partial charge is 0.480 e. The molecule has 0 bridgehead atoms. The molecule has 7 nitrogen and oxygen atoms in total. The summed E-state index contributed by atoms with van der Waals surface area (Å²) in [5.41, 5.74) is 2.04. The number of carbonyl (C=O) groups is 3. The molecule has 0 aliphatic carbocycles. The Morgan fingerprint density at radius 3 is 2.52 bits per heavy atom. The Hall–Kier alpha value is -2.83. The monoisotopic (exact) mass is 345 g/mol. The minimum Gasteiger partial charge on any atom is -0.480 e. The predicted molar refractivity (Wildman–Crippen MR) is 94.4 cm³/mol. The smallest absolute Gasteiger partial charge is 0.326 e. The van der Waals surface area contributed by atoms with E-state index in [1.807, 2.05) is 38.1 Å². The Balaban J connectivity index is 2.00. The maximum absolute atomic E-state index is 12.4. The number of carboxylic acid groups (broad SMARTS) is 1. The number of para-hydroxylation sites is 1. The fourth-order valence-electron chi connectivity index (χ4n) is 2.76. The number of aliphatic carboxylic acids is 1. The van der Waals surface area contributed by atoms with E-state index in [2.05, 4.69) is 15.6 Å². The lowest BCUT2D eigenvalue weighted by molar-refractivity contribution is -0.142. The number of aromatic nitrogens is 1. The highest BCUT2D eigenvalue weighted by atomic mass is 16.4. The van der Waals surface area contributed by atoms with Crippen LogP contribution in [0.15, 0.2) is 24.3 Å². The predicted octanol–water partition coefficient (Wildman–Crippen LogP) is 1.82. The molecule has 0 unspecified atom stereocenters. The van der Waals surface area contributed by atoms with Crippen LogP contribution in [-0.4, -0.2) is 40.5 Å². The summed E-state index contributed by atoms with van der Waals surface area (Å²) >= 11 is 0. The number of carbonyl (C=O) groups excluding carboxylic acids is 2. The Labute approximate surface area is 145 Å². The molecule has 4 N–H and O–H groups in total. The van der Waals surface area contributed by atoms with Gasteiger partial charge in [-0.1, -0.05) is 32.0 Å². The van der Waals surface area contributed by atoms with Crippen molar-refractivity contribution < 1.29 is 19.5 Å². The van der Waals surface area contributed by atoms with E-state index in [0.29, 0.717) is 17.7 Å². The second-order valence-corrected chi connectivity index (χ2v) is 6.44. The second-order valence-electron chi connectivity index (χ2n) is 6.44. The van der Waals surface area contributed by atoms with E-state index in [1.165, 1.54) is 0 Å². The molecule has 2 aromatic rings. The number of carboxylic acids is 1. The number of benzene rings is 1. The third-order valence-corrected chi connectivity index (χ3v) is 3.87. The van der Waals surface area contributed by atoms with Crippen LogP contribution >= 0.6 is 0 Å². The first kappa shape index (κ1) is 18.5. The van der Waals surface area contributed by atoms with Crippen molar-refractivity contribution in [3.63, 3.8) is 0 Å². The average molecular weight is 345 g/mol. The summed E-state index contributed by atoms with van der Waals surface area (Å²) in [7, 11) is 0. The highest BCUT2D eigenvalue weighted by Gasteiger charge is 2.22. The Bertz CT molecular complexity index is 795. The van der Waals surface area contributed by atoms with Gasteiger partial charge in [-0.05, 0) is 25.3 Å². The molecule has 1 atom stereocenters. The molecular weight excluding hydrogens is 322 g/mol. The van der Waals surface area contributed by atoms with E-state index in [4.69, 9.17) is 5.11 Å². The van der Waals surface area contributed by atoms with Crippen LogP contribution in [0.2, 0.25) is 0 Å². The molecule has 1 aromatic heterocycles. The van der Waals surface area contributed by atoms with Gasteiger partial charge in [0.2, 0.25) is 5.91 Å². The normalized spacial score (nSPS) is 12.2. The number of amides is 2. The maximum Gasteiger partial charge on any atom is 0.326 e. The van der Waals surface area contributed by atoms with Crippen molar-refractivity contribution in [1.29, 1.82) is 0 Å². The van der Waals surface area contributed by atoms with Crippen LogP contribution in [0.3, 0.4) is 0 Å². The standard InChI is InChI=1S/C18H23N3O4/c1-10(2)8-14(18(24)25)21-15(22)9-19-17(23)16-11(3)20-13-7-5-4-6-12(13)16/h4-7,10,14,20H,8-9H2,1-3H3,(H,19,23)(H,21,22)(H,24,25)/t14-/m0/s1. The molecule has 0 fully saturated rings. The third kappa shape index (κ3) is 4.59. The van der Waals surface area contributed by atoms with Crippen LogP contribution in [0.25, 0.3) is 10.9 Å². The SMILES string of the molecule is Cc1[nH]c2ccccc2c1C(=O)NCC(=O)N[C@@H](CC(C)C)C(=O)O. The summed E-state index contributed by atoms with van der Waals surface area (Å²) in [4.78, 5) is 38.7. The molecule has 2 amide bonds. The highest BCUT2D eigenvalue weighted by Crippen LogP contribution is 2.21. The molecule has 7 heteroatoms. The molecule has 0 saturated heterocycles. The van der Waals surface area contributed by atoms with Gasteiger partial charge < -0.3 is 20.7 Å². The average Bonchev–Trinajstić information content (AvgIpc) is 2.87. The molecule has 1 aromatic carbocycles. The van der Waals surface area contributed by atoms with Crippen LogP contribution in [0.4, 0.5) is 0 Å². The lowest BCUT2D eigenvalue weighted by Gasteiger charge is -2.16. The molecular formula is C18H23N3O4. The molecule has 0 aliphatic rings. The first-order valence-corrected chi connectivity index (χ1v) is 8.17. The van der Waals surface area contributed by atoms with Crippen molar-refractivity contribution in [2.45, 2.75) is 33.2 Å². The molecule has 25 heavy (non-hydrogen) atoms. The van der Waals surface area contributed by atoms with Crippen LogP contribution in [0.5, 0.6) is 0 Å². The minimum atomic E-state index is -1.08. The molecule has 0 radical (unpaired) electrons. The zero-order chi connectivity index (χ0) is 18.6. The van der Waals surface area contributed by atoms with Gasteiger partial charge in [0, 0.05) is 16.6 Å². The minimum absolute atomic E-state index is 0.130. The summed E-state index contributed by atoms with van der Waals surface area (Å²) in [6, 6.07) is 6.45. The molecule has 0 aliphatic heterocycles. The van der Waals surface area contributed by atoms with Gasteiger partial charge in [-0.15, -0.1) is 0 Å². The summed E-state index contributed by atoms with van der Waals surface area (Å²) < 4.78 is 0. The summed E-state index contributed by atoms with van der Waals surface area (Å²) in [5, 5.41) is 14.9. The summed E-state index contributed by atoms with van der Waals surface area (Å²) in [6.07, 6.45) is 0.330. The number of aromatic amines is 1. The Morgan fingerprint density at radius 1 is 1.20 bits per heavy atom. The lowest BCUT2D eigenvalue weighted by atomic mass is 10.0. The molecule has 134 valence electrons. The van der Waals surface area contributed by atoms with Crippen molar-refractivity contribution in [3.05, 3.63) is 35.5 Å². The summed E-state index contributed by atoms with van der Waals surface area (Å²) in [5.74, 6) is -1.86. The van der Waals surface area contributed by atoms with Crippen LogP contribution in [0, 0.1) is 12.8 Å². The fraction of sp³-hybridized carbons (Fsp3) is 0.389. The first-order valence-electron chi connectivity index (χ1n) is 8.17. The number of fused-ring (bicyclic) bond motifs is 1. The van der Waals surface area contributed by atoms with E-state index in [-0.39, 0.29) is 18.4 Å². The molecule has 0 saturated carbocycles. The maximum atomic E-state index is 12.4. The number of aryl methyl sites for hydroxylation is 1. The van der Waals surface area contributed by atoms with Crippen molar-refractivity contribution in [2.24, 2.45) is 5.92 Å². The van der Waals surface area contributed by atoms with Crippen molar-refractivity contribution in [1.82, 2.24) is 15.6 Å². The topological polar surface area (TPSA) is 111 Å². The van der Waals surface area contributed by atoms with E-state index in [9.17, 15) is 14.4 Å². The van der Waals surface area contributed by atoms with Gasteiger partial charge in [0.05, 0.1) is 12.1 Å². The van der Waals surface area contributed by atoms with Crippen molar-refractivity contribution in [2.75, 3.05) is 6.54 Å². The number of hydrogen-bond donors (Lipinski definition) is 4. The second kappa shape index (κ2) is 7.83. The van der Waals surface area contributed by atoms with Crippen LogP contribution in [-0.2, 0) is 9.59 Å². The number of hydrogen-bond acceptors (Lipinski definition) is 3. The van der Waals surface area contributed by atoms with Gasteiger partial charge in [-0.25, -0.2) is 4.79 Å². The molecule has 1 heterocycles.